The molecule has 1 aliphatic rings. The zero-order chi connectivity index (χ0) is 10.7. The van der Waals surface area contributed by atoms with Gasteiger partial charge in [0.1, 0.15) is 17.2 Å². The quantitative estimate of drug-likeness (QED) is 0.498. The van der Waals surface area contributed by atoms with E-state index in [-0.39, 0.29) is 11.4 Å². The van der Waals surface area contributed by atoms with Gasteiger partial charge in [-0.25, -0.2) is 9.97 Å². The van der Waals surface area contributed by atoms with Gasteiger partial charge in [-0.05, 0) is 6.26 Å². The summed E-state index contributed by atoms with van der Waals surface area (Å²) in [7, 11) is 0. The molecule has 0 bridgehead atoms. The van der Waals surface area contributed by atoms with Gasteiger partial charge in [-0.15, -0.1) is 23.4 Å². The molecule has 82 valence electrons. The molecule has 1 fully saturated rings. The first-order chi connectivity index (χ1) is 7.29. The summed E-state index contributed by atoms with van der Waals surface area (Å²) in [6.07, 6.45) is 3.53. The third-order valence-corrected chi connectivity index (χ3v) is 3.27. The summed E-state index contributed by atoms with van der Waals surface area (Å²) in [5.41, 5.74) is 0. The van der Waals surface area contributed by atoms with Gasteiger partial charge in [0.05, 0.1) is 24.6 Å². The van der Waals surface area contributed by atoms with Gasteiger partial charge in [0.15, 0.2) is 0 Å². The molecule has 1 aliphatic heterocycles. The molecular formula is C9H12ClN3OS. The van der Waals surface area contributed by atoms with E-state index in [1.165, 1.54) is 0 Å². The molecule has 6 heteroatoms. The highest BCUT2D eigenvalue weighted by atomic mass is 35.5. The van der Waals surface area contributed by atoms with Crippen LogP contribution in [-0.2, 0) is 4.74 Å². The molecule has 4 nitrogen and oxygen atoms in total. The Morgan fingerprint density at radius 3 is 3.07 bits per heavy atom. The molecule has 2 unspecified atom stereocenters. The minimum absolute atomic E-state index is 0.0118. The summed E-state index contributed by atoms with van der Waals surface area (Å²) < 4.78 is 5.26. The van der Waals surface area contributed by atoms with Crippen LogP contribution in [0.5, 0.6) is 0 Å². The summed E-state index contributed by atoms with van der Waals surface area (Å²) >= 11 is 7.65. The van der Waals surface area contributed by atoms with Crippen molar-refractivity contribution < 1.29 is 4.74 Å². The second kappa shape index (κ2) is 5.01. The maximum absolute atomic E-state index is 6.07. The first-order valence-corrected chi connectivity index (χ1v) is 6.30. The maximum Gasteiger partial charge on any atom is 0.130 e. The van der Waals surface area contributed by atoms with Gasteiger partial charge in [0.25, 0.3) is 0 Å². The fourth-order valence-corrected chi connectivity index (χ4v) is 1.99. The lowest BCUT2D eigenvalue weighted by Gasteiger charge is -2.14. The van der Waals surface area contributed by atoms with Crippen molar-refractivity contribution in [3.8, 4) is 0 Å². The van der Waals surface area contributed by atoms with E-state index < -0.39 is 0 Å². The van der Waals surface area contributed by atoms with Crippen LogP contribution in [0.1, 0.15) is 0 Å². The molecule has 2 atom stereocenters. The molecule has 1 N–H and O–H groups in total. The topological polar surface area (TPSA) is 47.0 Å². The second-order valence-electron chi connectivity index (χ2n) is 3.25. The zero-order valence-corrected chi connectivity index (χ0v) is 9.88. The third kappa shape index (κ3) is 2.74. The lowest BCUT2D eigenvalue weighted by Crippen LogP contribution is -2.28. The fraction of sp³-hybridized carbons (Fsp3) is 0.556. The van der Waals surface area contributed by atoms with E-state index in [9.17, 15) is 0 Å². The molecule has 0 spiro atoms. The highest BCUT2D eigenvalue weighted by Crippen LogP contribution is 2.19. The van der Waals surface area contributed by atoms with E-state index in [1.54, 1.807) is 18.1 Å². The number of hydrogen-bond donors (Lipinski definition) is 1. The Balaban J connectivity index is 2.03. The largest absolute Gasteiger partial charge is 0.378 e. The van der Waals surface area contributed by atoms with Crippen LogP contribution in [-0.4, -0.2) is 40.9 Å². The number of rotatable bonds is 3. The number of anilines is 1. The first-order valence-electron chi connectivity index (χ1n) is 4.64. The lowest BCUT2D eigenvalue weighted by molar-refractivity contribution is 0.196. The van der Waals surface area contributed by atoms with Crippen LogP contribution in [0.4, 0.5) is 5.82 Å². The Kier molecular flexibility index (Phi) is 3.66. The predicted octanol–water partition coefficient (Wildman–Crippen LogP) is 1.62. The summed E-state index contributed by atoms with van der Waals surface area (Å²) in [5, 5.41) is 4.20. The Morgan fingerprint density at radius 1 is 1.53 bits per heavy atom. The van der Waals surface area contributed by atoms with E-state index in [4.69, 9.17) is 16.3 Å². The average Bonchev–Trinajstić information content (AvgIpc) is 2.65. The van der Waals surface area contributed by atoms with Gasteiger partial charge in [0, 0.05) is 6.07 Å². The predicted molar refractivity (Wildman–Crippen MR) is 61.7 cm³/mol. The van der Waals surface area contributed by atoms with E-state index in [1.807, 2.05) is 12.3 Å². The van der Waals surface area contributed by atoms with Crippen molar-refractivity contribution in [2.45, 2.75) is 16.4 Å². The van der Waals surface area contributed by atoms with Crippen LogP contribution < -0.4 is 5.32 Å². The van der Waals surface area contributed by atoms with Crippen molar-refractivity contribution in [2.24, 2.45) is 0 Å². The molecule has 0 aromatic carbocycles. The van der Waals surface area contributed by atoms with Gasteiger partial charge >= 0.3 is 0 Å². The Labute approximate surface area is 97.8 Å². The monoisotopic (exact) mass is 245 g/mol. The Hall–Kier alpha value is -0.520. The number of hydrogen-bond acceptors (Lipinski definition) is 5. The second-order valence-corrected chi connectivity index (χ2v) is 4.64. The first kappa shape index (κ1) is 11.0. The van der Waals surface area contributed by atoms with Crippen molar-refractivity contribution in [1.82, 2.24) is 9.97 Å². The standard InChI is InChI=1S/C9H12ClN3OS/c1-15-9-2-8(11-5-12-9)13-7-4-14-3-6(7)10/h2,5-7H,3-4H2,1H3,(H,11,12,13). The van der Waals surface area contributed by atoms with Crippen molar-refractivity contribution in [2.75, 3.05) is 24.8 Å². The molecule has 0 aliphatic carbocycles. The van der Waals surface area contributed by atoms with Gasteiger partial charge < -0.3 is 10.1 Å². The van der Waals surface area contributed by atoms with E-state index in [0.717, 1.165) is 10.8 Å². The third-order valence-electron chi connectivity index (χ3n) is 2.20. The molecule has 1 saturated heterocycles. The minimum Gasteiger partial charge on any atom is -0.378 e. The van der Waals surface area contributed by atoms with Crippen LogP contribution in [0.3, 0.4) is 0 Å². The van der Waals surface area contributed by atoms with Crippen LogP contribution >= 0.6 is 23.4 Å². The molecule has 2 rings (SSSR count). The van der Waals surface area contributed by atoms with Gasteiger partial charge in [-0.3, -0.25) is 0 Å². The van der Waals surface area contributed by atoms with Gasteiger partial charge in [0.2, 0.25) is 0 Å². The van der Waals surface area contributed by atoms with E-state index in [2.05, 4.69) is 15.3 Å². The summed E-state index contributed by atoms with van der Waals surface area (Å²) in [4.78, 5) is 8.23. The number of ether oxygens (including phenoxy) is 1. The average molecular weight is 246 g/mol. The fourth-order valence-electron chi connectivity index (χ4n) is 1.38. The van der Waals surface area contributed by atoms with Gasteiger partial charge in [-0.2, -0.15) is 0 Å². The molecule has 0 amide bonds. The SMILES string of the molecule is CSc1cc(NC2COCC2Cl)ncn1. The summed E-state index contributed by atoms with van der Waals surface area (Å²) in [5.74, 6) is 0.801. The van der Waals surface area contributed by atoms with Crippen molar-refractivity contribution in [3.05, 3.63) is 12.4 Å². The van der Waals surface area contributed by atoms with Crippen LogP contribution in [0.25, 0.3) is 0 Å². The van der Waals surface area contributed by atoms with Crippen LogP contribution in [0, 0.1) is 0 Å². The molecule has 0 saturated carbocycles. The van der Waals surface area contributed by atoms with Gasteiger partial charge in [-0.1, -0.05) is 0 Å². The van der Waals surface area contributed by atoms with Crippen LogP contribution in [0.15, 0.2) is 17.4 Å². The number of aromatic nitrogens is 2. The molecule has 1 aromatic rings. The summed E-state index contributed by atoms with van der Waals surface area (Å²) in [6.45, 7) is 1.23. The van der Waals surface area contributed by atoms with E-state index in [0.29, 0.717) is 13.2 Å². The van der Waals surface area contributed by atoms with Crippen molar-refractivity contribution in [1.29, 1.82) is 0 Å². The van der Waals surface area contributed by atoms with Crippen molar-refractivity contribution >= 4 is 29.2 Å². The molecule has 0 radical (unpaired) electrons. The number of thioether (sulfide) groups is 1. The maximum atomic E-state index is 6.07. The Morgan fingerprint density at radius 2 is 2.40 bits per heavy atom. The number of halogens is 1. The molecular weight excluding hydrogens is 234 g/mol. The highest BCUT2D eigenvalue weighted by molar-refractivity contribution is 7.98. The number of alkyl halides is 1. The molecule has 2 heterocycles. The van der Waals surface area contributed by atoms with Crippen LogP contribution in [0.2, 0.25) is 0 Å². The van der Waals surface area contributed by atoms with Crippen molar-refractivity contribution in [3.63, 3.8) is 0 Å². The zero-order valence-electron chi connectivity index (χ0n) is 8.31. The summed E-state index contributed by atoms with van der Waals surface area (Å²) in [6, 6.07) is 2.04. The lowest BCUT2D eigenvalue weighted by atomic mass is 10.2. The minimum atomic E-state index is 0.0118. The van der Waals surface area contributed by atoms with E-state index >= 15 is 0 Å². The number of nitrogens with zero attached hydrogens (tertiary/aromatic N) is 2. The smallest absolute Gasteiger partial charge is 0.130 e. The molecule has 1 aromatic heterocycles. The molecule has 15 heavy (non-hydrogen) atoms. The number of nitrogens with one attached hydrogen (secondary N) is 1. The normalized spacial score (nSPS) is 25.5. The Bertz CT molecular complexity index is 339. The highest BCUT2D eigenvalue weighted by Gasteiger charge is 2.26.